The van der Waals surface area contributed by atoms with Crippen LogP contribution in [0.25, 0.3) is 0 Å². The lowest BCUT2D eigenvalue weighted by atomic mass is 9.95. The molecule has 4 bridgehead atoms. The molecule has 0 saturated carbocycles. The van der Waals surface area contributed by atoms with E-state index >= 15 is 0 Å². The zero-order valence-electron chi connectivity index (χ0n) is 35.0. The number of thioether (sulfide) groups is 4. The van der Waals surface area contributed by atoms with Crippen molar-refractivity contribution in [1.29, 1.82) is 0 Å². The van der Waals surface area contributed by atoms with E-state index in [1.165, 1.54) is 56.8 Å². The lowest BCUT2D eigenvalue weighted by Crippen LogP contribution is -2.73. The molecule has 6 fully saturated rings. The number of aliphatic hydroxyl groups is 2. The van der Waals surface area contributed by atoms with Gasteiger partial charge in [0.2, 0.25) is 0 Å². The summed E-state index contributed by atoms with van der Waals surface area (Å²) in [4.78, 5) is 57.5. The Morgan fingerprint density at radius 3 is 1.16 bits per heavy atom. The SMILES string of the molecule is COc1ccc(C2SC3(CO)C(=O)N(C)C(Cc4ccc(CCc5ccc(CC67SC(c8ccc(C)cc8)SC(CO)(C(=O)N6C)N(C)C7=O)cc5)cc4)(S2)C(=O)N3C)cc1. The number of rotatable bonds is 12. The van der Waals surface area contributed by atoms with E-state index in [0.717, 1.165) is 51.8 Å². The van der Waals surface area contributed by atoms with E-state index in [9.17, 15) is 29.4 Å². The van der Waals surface area contributed by atoms with Gasteiger partial charge in [-0.1, -0.05) is 90.5 Å². The summed E-state index contributed by atoms with van der Waals surface area (Å²) >= 11 is 5.55. The molecule has 0 aromatic heterocycles. The number of nitrogens with zero attached hydrogens (tertiary/aromatic N) is 4. The highest BCUT2D eigenvalue weighted by Crippen LogP contribution is 2.62. The molecule has 320 valence electrons. The minimum absolute atomic E-state index is 0.201. The zero-order chi connectivity index (χ0) is 43.5. The second-order valence-electron chi connectivity index (χ2n) is 16.2. The second-order valence-corrected chi connectivity index (χ2v) is 22.3. The third kappa shape index (κ3) is 7.13. The molecule has 15 heteroatoms. The van der Waals surface area contributed by atoms with Gasteiger partial charge in [0.1, 0.15) is 5.75 Å². The van der Waals surface area contributed by atoms with Gasteiger partial charge in [-0.25, -0.2) is 0 Å². The van der Waals surface area contributed by atoms with Crippen LogP contribution in [0.1, 0.15) is 48.1 Å². The van der Waals surface area contributed by atoms with E-state index in [1.54, 1.807) is 45.1 Å². The van der Waals surface area contributed by atoms with Crippen molar-refractivity contribution < 1.29 is 34.1 Å². The number of aliphatic hydroxyl groups excluding tert-OH is 2. The Morgan fingerprint density at radius 2 is 0.803 bits per heavy atom. The predicted molar refractivity (Wildman–Crippen MR) is 244 cm³/mol. The maximum absolute atomic E-state index is 14.3. The fourth-order valence-electron chi connectivity index (χ4n) is 8.69. The van der Waals surface area contributed by atoms with Crippen LogP contribution in [0.4, 0.5) is 0 Å². The zero-order valence-corrected chi connectivity index (χ0v) is 38.3. The molecule has 4 aromatic carbocycles. The topological polar surface area (TPSA) is 131 Å². The third-order valence-electron chi connectivity index (χ3n) is 12.7. The molecule has 0 aliphatic carbocycles. The van der Waals surface area contributed by atoms with E-state index < -0.39 is 32.7 Å². The van der Waals surface area contributed by atoms with Gasteiger partial charge in [0.05, 0.1) is 29.5 Å². The van der Waals surface area contributed by atoms with Gasteiger partial charge in [-0.3, -0.25) is 19.2 Å². The third-order valence-corrected chi connectivity index (χ3v) is 19.7. The van der Waals surface area contributed by atoms with Crippen LogP contribution in [0.5, 0.6) is 5.75 Å². The minimum atomic E-state index is -1.43. The highest BCUT2D eigenvalue weighted by atomic mass is 32.2. The van der Waals surface area contributed by atoms with Gasteiger partial charge in [0.25, 0.3) is 23.6 Å². The van der Waals surface area contributed by atoms with Crippen LogP contribution >= 0.6 is 47.0 Å². The lowest BCUT2D eigenvalue weighted by Gasteiger charge is -2.50. The first-order chi connectivity index (χ1) is 29.2. The van der Waals surface area contributed by atoms with Crippen molar-refractivity contribution in [3.63, 3.8) is 0 Å². The average Bonchev–Trinajstić information content (AvgIpc) is 3.55. The molecule has 6 aliphatic heterocycles. The molecular weight excluding hydrogens is 849 g/mol. The summed E-state index contributed by atoms with van der Waals surface area (Å²) in [6, 6.07) is 32.2. The summed E-state index contributed by atoms with van der Waals surface area (Å²) in [5.41, 5.74) is 7.13. The van der Waals surface area contributed by atoms with Crippen molar-refractivity contribution in [2.24, 2.45) is 0 Å². The van der Waals surface area contributed by atoms with Gasteiger partial charge in [-0.2, -0.15) is 0 Å². The fourth-order valence-corrected chi connectivity index (χ4v) is 16.1. The van der Waals surface area contributed by atoms with Gasteiger partial charge in [-0.15, -0.1) is 47.0 Å². The molecule has 0 radical (unpaired) electrons. The summed E-state index contributed by atoms with van der Waals surface area (Å²) in [7, 11) is 8.20. The van der Waals surface area contributed by atoms with Gasteiger partial charge < -0.3 is 34.5 Å². The standard InChI is InChI=1S/C46H50N4O7S4/c1-29-7-19-34(20-8-29)37-58-43(39(53)49(4)45(27-51,60-37)41(55)47(43)2)25-32-15-11-30(12-16-32)9-10-31-13-17-33(18-14-31)26-44-40(54)50(5)46(28-52,42(56)48(44)3)61-38(59-44)35-21-23-36(57-6)24-22-35/h7-8,11-24,37-38,51-52H,9-10,25-28H2,1-6H3. The van der Waals surface area contributed by atoms with Crippen molar-refractivity contribution in [3.05, 3.63) is 136 Å². The number of ether oxygens (including phenoxy) is 1. The number of aryl methyl sites for hydroxylation is 3. The summed E-state index contributed by atoms with van der Waals surface area (Å²) in [6.45, 7) is 1.04. The highest BCUT2D eigenvalue weighted by Gasteiger charge is 2.67. The monoisotopic (exact) mass is 898 g/mol. The molecule has 2 N–H and O–H groups in total. The van der Waals surface area contributed by atoms with Gasteiger partial charge in [0, 0.05) is 41.0 Å². The number of likely N-dealkylation sites (N-methyl/N-ethyl adjacent to an activating group) is 4. The molecule has 10 rings (SSSR count). The van der Waals surface area contributed by atoms with Gasteiger partial charge in [0.15, 0.2) is 19.5 Å². The fraction of sp³-hybridized carbons (Fsp3) is 0.391. The van der Waals surface area contributed by atoms with E-state index in [1.807, 2.05) is 79.7 Å². The molecule has 4 amide bonds. The summed E-state index contributed by atoms with van der Waals surface area (Å²) < 4.78 is 4.79. The quantitative estimate of drug-likeness (QED) is 0.177. The number of benzene rings is 4. The number of carbonyl (C=O) groups is 4. The Morgan fingerprint density at radius 1 is 0.492 bits per heavy atom. The van der Waals surface area contributed by atoms with Crippen LogP contribution < -0.4 is 4.74 Å². The van der Waals surface area contributed by atoms with E-state index in [-0.39, 0.29) is 32.8 Å². The van der Waals surface area contributed by atoms with Crippen molar-refractivity contribution >= 4 is 70.7 Å². The van der Waals surface area contributed by atoms with Gasteiger partial charge >= 0.3 is 0 Å². The molecule has 4 aromatic rings. The molecule has 6 saturated heterocycles. The Labute approximate surface area is 373 Å². The Balaban J connectivity index is 0.974. The first-order valence-corrected chi connectivity index (χ1v) is 23.6. The number of hydrogen-bond donors (Lipinski definition) is 2. The molecule has 6 atom stereocenters. The lowest BCUT2D eigenvalue weighted by molar-refractivity contribution is -0.164. The summed E-state index contributed by atoms with van der Waals surface area (Å²) in [5, 5.41) is 21.3. The molecule has 11 nitrogen and oxygen atoms in total. The Kier molecular flexibility index (Phi) is 11.8. The second kappa shape index (κ2) is 16.5. The van der Waals surface area contributed by atoms with E-state index in [0.29, 0.717) is 18.6 Å². The van der Waals surface area contributed by atoms with E-state index in [2.05, 4.69) is 24.3 Å². The van der Waals surface area contributed by atoms with Gasteiger partial charge in [-0.05, 0) is 65.3 Å². The smallest absolute Gasteiger partial charge is 0.262 e. The van der Waals surface area contributed by atoms with Crippen LogP contribution in [0.3, 0.4) is 0 Å². The van der Waals surface area contributed by atoms with Crippen LogP contribution in [-0.2, 0) is 44.9 Å². The van der Waals surface area contributed by atoms with Crippen LogP contribution in [0.15, 0.2) is 97.1 Å². The molecule has 6 unspecified atom stereocenters. The number of carbonyl (C=O) groups excluding carboxylic acids is 4. The number of piperazine rings is 2. The largest absolute Gasteiger partial charge is 0.497 e. The molecule has 0 spiro atoms. The first kappa shape index (κ1) is 43.5. The Hall–Kier alpha value is -4.12. The average molecular weight is 899 g/mol. The van der Waals surface area contributed by atoms with E-state index in [4.69, 9.17) is 4.74 Å². The summed E-state index contributed by atoms with van der Waals surface area (Å²) in [6.07, 6.45) is 2.15. The van der Waals surface area contributed by atoms with Crippen molar-refractivity contribution in [2.75, 3.05) is 48.5 Å². The molecular formula is C46H50N4O7S4. The highest BCUT2D eigenvalue weighted by molar-refractivity contribution is 8.19. The van der Waals surface area contributed by atoms with Crippen LogP contribution in [0, 0.1) is 6.92 Å². The maximum Gasteiger partial charge on any atom is 0.262 e. The number of amides is 4. The first-order valence-electron chi connectivity index (χ1n) is 20.1. The molecule has 61 heavy (non-hydrogen) atoms. The number of fused-ring (bicyclic) bond motifs is 8. The normalized spacial score (nSPS) is 28.7. The van der Waals surface area contributed by atoms with Crippen molar-refractivity contribution in [2.45, 2.75) is 61.3 Å². The van der Waals surface area contributed by atoms with Crippen LogP contribution in [0.2, 0.25) is 0 Å². The maximum atomic E-state index is 14.3. The summed E-state index contributed by atoms with van der Waals surface area (Å²) in [5.74, 6) is -0.291. The van der Waals surface area contributed by atoms with Crippen molar-refractivity contribution in [3.8, 4) is 5.75 Å². The number of methoxy groups -OCH3 is 1. The molecule has 6 aliphatic rings. The van der Waals surface area contributed by atoms with Crippen molar-refractivity contribution in [1.82, 2.24) is 19.6 Å². The Bertz CT molecular complexity index is 2340. The number of hydrogen-bond acceptors (Lipinski definition) is 11. The molecule has 6 heterocycles. The predicted octanol–water partition coefficient (Wildman–Crippen LogP) is 5.86. The van der Waals surface area contributed by atoms with Crippen LogP contribution in [-0.4, -0.2) is 121 Å². The minimum Gasteiger partial charge on any atom is -0.497 e.